The van der Waals surface area contributed by atoms with Gasteiger partial charge in [-0.2, -0.15) is 0 Å². The van der Waals surface area contributed by atoms with Crippen LogP contribution in [0.5, 0.6) is 0 Å². The highest BCUT2D eigenvalue weighted by Crippen LogP contribution is 2.16. The summed E-state index contributed by atoms with van der Waals surface area (Å²) in [5.74, 6) is -0.341. The number of esters is 1. The molecule has 0 bridgehead atoms. The van der Waals surface area contributed by atoms with Crippen molar-refractivity contribution in [1.29, 1.82) is 0 Å². The number of ether oxygens (including phenoxy) is 1. The SMILES string of the molecule is CCCCCCCCCCCC(=O)OC(CCCCCCCCCCC)CC(=O)N[C@@H](CO)CCCN. The molecule has 4 N–H and O–H groups in total. The molecule has 0 rings (SSSR count). The average Bonchev–Trinajstić information content (AvgIpc) is 2.89. The van der Waals surface area contributed by atoms with Crippen LogP contribution in [0, 0.1) is 0 Å². The minimum atomic E-state index is -0.385. The maximum atomic E-state index is 12.6. The van der Waals surface area contributed by atoms with E-state index in [2.05, 4.69) is 19.2 Å². The van der Waals surface area contributed by atoms with E-state index in [0.717, 1.165) is 38.5 Å². The Hall–Kier alpha value is -1.14. The third-order valence-corrected chi connectivity index (χ3v) is 7.17. The molecule has 0 aromatic rings. The van der Waals surface area contributed by atoms with Gasteiger partial charge in [0.15, 0.2) is 0 Å². The van der Waals surface area contributed by atoms with Crippen molar-refractivity contribution in [3.63, 3.8) is 0 Å². The molecule has 0 aliphatic rings. The summed E-state index contributed by atoms with van der Waals surface area (Å²) in [5, 5.41) is 12.4. The first kappa shape index (κ1) is 35.9. The van der Waals surface area contributed by atoms with Crippen molar-refractivity contribution in [3.8, 4) is 0 Å². The summed E-state index contributed by atoms with van der Waals surface area (Å²) in [7, 11) is 0. The van der Waals surface area contributed by atoms with E-state index in [4.69, 9.17) is 10.5 Å². The van der Waals surface area contributed by atoms with Gasteiger partial charge in [0, 0.05) is 6.42 Å². The van der Waals surface area contributed by atoms with Crippen molar-refractivity contribution < 1.29 is 19.4 Å². The Morgan fingerprint density at radius 1 is 0.703 bits per heavy atom. The van der Waals surface area contributed by atoms with Crippen molar-refractivity contribution >= 4 is 11.9 Å². The van der Waals surface area contributed by atoms with Gasteiger partial charge in [0.1, 0.15) is 6.10 Å². The molecule has 1 unspecified atom stereocenters. The van der Waals surface area contributed by atoms with Gasteiger partial charge in [-0.3, -0.25) is 9.59 Å². The van der Waals surface area contributed by atoms with Crippen LogP contribution in [0.1, 0.15) is 162 Å². The monoisotopic (exact) mass is 526 g/mol. The second kappa shape index (κ2) is 27.9. The number of amides is 1. The molecule has 0 aliphatic carbocycles. The molecule has 1 amide bonds. The molecule has 0 aromatic heterocycles. The lowest BCUT2D eigenvalue weighted by Crippen LogP contribution is -2.39. The number of carbonyl (C=O) groups excluding carboxylic acids is 2. The molecule has 6 heteroatoms. The van der Waals surface area contributed by atoms with Crippen LogP contribution in [0.4, 0.5) is 0 Å². The quantitative estimate of drug-likeness (QED) is 0.0731. The standard InChI is InChI=1S/C31H62N2O4/c1-3-5-7-9-11-13-15-17-19-23-29(26-30(35)33-28(27-34)22-21-25-32)37-31(36)24-20-18-16-14-12-10-8-6-4-2/h28-29,34H,3-27,32H2,1-2H3,(H,33,35)/t28-,29?/m1/s1. The minimum absolute atomic E-state index is 0.104. The maximum absolute atomic E-state index is 12.6. The molecule has 0 aromatic carbocycles. The van der Waals surface area contributed by atoms with Crippen molar-refractivity contribution in [2.75, 3.05) is 13.2 Å². The number of hydrogen-bond donors (Lipinski definition) is 3. The number of rotatable bonds is 28. The molecule has 0 saturated carbocycles. The summed E-state index contributed by atoms with van der Waals surface area (Å²) in [5.41, 5.74) is 5.56. The topological polar surface area (TPSA) is 102 Å². The van der Waals surface area contributed by atoms with Crippen molar-refractivity contribution in [2.24, 2.45) is 5.73 Å². The van der Waals surface area contributed by atoms with Gasteiger partial charge in [-0.1, -0.05) is 117 Å². The lowest BCUT2D eigenvalue weighted by molar-refractivity contribution is -0.151. The summed E-state index contributed by atoms with van der Waals surface area (Å²) < 4.78 is 5.78. The van der Waals surface area contributed by atoms with Gasteiger partial charge >= 0.3 is 5.97 Å². The smallest absolute Gasteiger partial charge is 0.306 e. The zero-order chi connectivity index (χ0) is 27.4. The highest BCUT2D eigenvalue weighted by molar-refractivity contribution is 5.77. The maximum Gasteiger partial charge on any atom is 0.306 e. The number of nitrogens with one attached hydrogen (secondary N) is 1. The summed E-state index contributed by atoms with van der Waals surface area (Å²) >= 11 is 0. The van der Waals surface area contributed by atoms with Crippen LogP contribution in [0.2, 0.25) is 0 Å². The van der Waals surface area contributed by atoms with Crippen LogP contribution in [-0.4, -0.2) is 42.3 Å². The van der Waals surface area contributed by atoms with E-state index in [-0.39, 0.29) is 37.0 Å². The van der Waals surface area contributed by atoms with E-state index in [1.54, 1.807) is 0 Å². The van der Waals surface area contributed by atoms with Crippen LogP contribution in [-0.2, 0) is 14.3 Å². The highest BCUT2D eigenvalue weighted by atomic mass is 16.5. The lowest BCUT2D eigenvalue weighted by Gasteiger charge is -2.20. The Kier molecular flexibility index (Phi) is 27.0. The Morgan fingerprint density at radius 3 is 1.68 bits per heavy atom. The van der Waals surface area contributed by atoms with Crippen LogP contribution in [0.3, 0.4) is 0 Å². The first-order chi connectivity index (χ1) is 18.1. The second-order valence-corrected chi connectivity index (χ2v) is 10.9. The largest absolute Gasteiger partial charge is 0.462 e. The number of unbranched alkanes of at least 4 members (excludes halogenated alkanes) is 16. The zero-order valence-corrected chi connectivity index (χ0v) is 24.6. The Balaban J connectivity index is 4.36. The number of nitrogens with two attached hydrogens (primary N) is 1. The number of hydrogen-bond acceptors (Lipinski definition) is 5. The second-order valence-electron chi connectivity index (χ2n) is 10.9. The van der Waals surface area contributed by atoms with Gasteiger partial charge in [-0.15, -0.1) is 0 Å². The van der Waals surface area contributed by atoms with E-state index in [1.165, 1.54) is 89.9 Å². The zero-order valence-electron chi connectivity index (χ0n) is 24.6. The Bertz CT molecular complexity index is 515. The predicted octanol–water partition coefficient (Wildman–Crippen LogP) is 7.35. The van der Waals surface area contributed by atoms with Gasteiger partial charge < -0.3 is 20.9 Å². The number of aliphatic hydroxyl groups excluding tert-OH is 1. The molecule has 220 valence electrons. The van der Waals surface area contributed by atoms with E-state index in [1.807, 2.05) is 0 Å². The fourth-order valence-electron chi connectivity index (χ4n) is 4.78. The molecule has 0 spiro atoms. The normalized spacial score (nSPS) is 12.9. The highest BCUT2D eigenvalue weighted by Gasteiger charge is 2.20. The van der Waals surface area contributed by atoms with E-state index in [9.17, 15) is 14.7 Å². The van der Waals surface area contributed by atoms with Gasteiger partial charge in [0.2, 0.25) is 5.91 Å². The van der Waals surface area contributed by atoms with E-state index in [0.29, 0.717) is 19.4 Å². The Morgan fingerprint density at radius 2 is 1.19 bits per heavy atom. The molecule has 0 aliphatic heterocycles. The molecule has 6 nitrogen and oxygen atoms in total. The molecular formula is C31H62N2O4. The minimum Gasteiger partial charge on any atom is -0.462 e. The third kappa shape index (κ3) is 24.9. The van der Waals surface area contributed by atoms with Gasteiger partial charge in [0.25, 0.3) is 0 Å². The van der Waals surface area contributed by atoms with Gasteiger partial charge in [-0.05, 0) is 38.6 Å². The number of aliphatic hydroxyl groups is 1. The molecule has 0 saturated heterocycles. The van der Waals surface area contributed by atoms with E-state index < -0.39 is 0 Å². The van der Waals surface area contributed by atoms with Crippen LogP contribution < -0.4 is 11.1 Å². The first-order valence-corrected chi connectivity index (χ1v) is 15.9. The molecular weight excluding hydrogens is 464 g/mol. The molecule has 2 atom stereocenters. The molecule has 0 fully saturated rings. The predicted molar refractivity (Wildman–Crippen MR) is 155 cm³/mol. The third-order valence-electron chi connectivity index (χ3n) is 7.17. The fraction of sp³-hybridized carbons (Fsp3) is 0.935. The summed E-state index contributed by atoms with van der Waals surface area (Å²) in [6.45, 7) is 4.91. The van der Waals surface area contributed by atoms with Gasteiger partial charge in [0.05, 0.1) is 19.1 Å². The lowest BCUT2D eigenvalue weighted by atomic mass is 10.0. The van der Waals surface area contributed by atoms with Crippen LogP contribution in [0.25, 0.3) is 0 Å². The Labute approximate surface area is 229 Å². The summed E-state index contributed by atoms with van der Waals surface area (Å²) in [6, 6.07) is -0.290. The first-order valence-electron chi connectivity index (χ1n) is 15.9. The van der Waals surface area contributed by atoms with E-state index >= 15 is 0 Å². The fourth-order valence-corrected chi connectivity index (χ4v) is 4.78. The van der Waals surface area contributed by atoms with Crippen molar-refractivity contribution in [2.45, 2.75) is 174 Å². The van der Waals surface area contributed by atoms with Gasteiger partial charge in [-0.25, -0.2) is 0 Å². The van der Waals surface area contributed by atoms with Crippen LogP contribution in [0.15, 0.2) is 0 Å². The van der Waals surface area contributed by atoms with Crippen molar-refractivity contribution in [1.82, 2.24) is 5.32 Å². The average molecular weight is 527 g/mol. The molecule has 0 heterocycles. The van der Waals surface area contributed by atoms with Crippen LogP contribution >= 0.6 is 0 Å². The summed E-state index contributed by atoms with van der Waals surface area (Å²) in [4.78, 5) is 25.1. The molecule has 0 radical (unpaired) electrons. The summed E-state index contributed by atoms with van der Waals surface area (Å²) in [6.07, 6.45) is 24.3. The molecule has 37 heavy (non-hydrogen) atoms. The van der Waals surface area contributed by atoms with Crippen molar-refractivity contribution in [3.05, 3.63) is 0 Å². The number of carbonyl (C=O) groups is 2.